The quantitative estimate of drug-likeness (QED) is 0.758. The van der Waals surface area contributed by atoms with Crippen molar-refractivity contribution in [3.05, 3.63) is 30.1 Å². The van der Waals surface area contributed by atoms with E-state index in [2.05, 4.69) is 27.2 Å². The van der Waals surface area contributed by atoms with Crippen LogP contribution in [0.1, 0.15) is 30.0 Å². The Bertz CT molecular complexity index is 415. The van der Waals surface area contributed by atoms with Crippen molar-refractivity contribution < 1.29 is 4.79 Å². The molecule has 5 heteroatoms. The number of hydrogen-bond donors (Lipinski definition) is 2. The summed E-state index contributed by atoms with van der Waals surface area (Å²) in [5, 5.41) is 5.76. The zero-order chi connectivity index (χ0) is 12.8. The lowest BCUT2D eigenvalue weighted by Gasteiger charge is -2.10. The van der Waals surface area contributed by atoms with Gasteiger partial charge in [0.25, 0.3) is 5.91 Å². The first kappa shape index (κ1) is 13.2. The SMILES string of the molecule is C=CCNC(=O)c1cc(C)nc(NC(C)C)n1. The fraction of sp³-hybridized carbons (Fsp3) is 0.417. The van der Waals surface area contributed by atoms with Crippen molar-refractivity contribution in [1.82, 2.24) is 15.3 Å². The standard InChI is InChI=1S/C12H18N4O/c1-5-6-13-11(17)10-7-9(4)15-12(16-10)14-8(2)3/h5,7-8H,1,6H2,2-4H3,(H,13,17)(H,14,15,16). The molecule has 0 fully saturated rings. The molecule has 1 aromatic heterocycles. The molecular weight excluding hydrogens is 216 g/mol. The Morgan fingerprint density at radius 1 is 1.53 bits per heavy atom. The highest BCUT2D eigenvalue weighted by molar-refractivity contribution is 5.92. The Hall–Kier alpha value is -1.91. The zero-order valence-corrected chi connectivity index (χ0v) is 10.4. The minimum absolute atomic E-state index is 0.220. The number of aryl methyl sites for hydroxylation is 1. The number of amides is 1. The summed E-state index contributed by atoms with van der Waals surface area (Å²) in [5.41, 5.74) is 1.12. The molecule has 0 aliphatic heterocycles. The second kappa shape index (κ2) is 5.98. The average molecular weight is 234 g/mol. The van der Waals surface area contributed by atoms with Gasteiger partial charge in [-0.3, -0.25) is 4.79 Å². The van der Waals surface area contributed by atoms with Crippen LogP contribution in [-0.4, -0.2) is 28.5 Å². The Morgan fingerprint density at radius 3 is 2.82 bits per heavy atom. The highest BCUT2D eigenvalue weighted by atomic mass is 16.1. The lowest BCUT2D eigenvalue weighted by molar-refractivity contribution is 0.0953. The molecule has 1 amide bonds. The molecule has 1 rings (SSSR count). The molecule has 17 heavy (non-hydrogen) atoms. The molecule has 0 saturated carbocycles. The van der Waals surface area contributed by atoms with Crippen molar-refractivity contribution in [3.8, 4) is 0 Å². The van der Waals surface area contributed by atoms with Crippen LogP contribution in [0.5, 0.6) is 0 Å². The van der Waals surface area contributed by atoms with E-state index in [0.717, 1.165) is 5.69 Å². The Kier molecular flexibility index (Phi) is 4.63. The van der Waals surface area contributed by atoms with Crippen molar-refractivity contribution in [1.29, 1.82) is 0 Å². The van der Waals surface area contributed by atoms with Crippen molar-refractivity contribution in [3.63, 3.8) is 0 Å². The molecule has 1 aromatic rings. The monoisotopic (exact) mass is 234 g/mol. The molecule has 92 valence electrons. The second-order valence-electron chi connectivity index (χ2n) is 4.02. The van der Waals surface area contributed by atoms with Crippen LogP contribution in [0, 0.1) is 6.92 Å². The lowest BCUT2D eigenvalue weighted by Crippen LogP contribution is -2.25. The van der Waals surface area contributed by atoms with Gasteiger partial charge in [-0.15, -0.1) is 6.58 Å². The lowest BCUT2D eigenvalue weighted by atomic mass is 10.3. The number of hydrogen-bond acceptors (Lipinski definition) is 4. The third kappa shape index (κ3) is 4.22. The maximum atomic E-state index is 11.7. The van der Waals surface area contributed by atoms with E-state index in [0.29, 0.717) is 18.2 Å². The van der Waals surface area contributed by atoms with Crippen molar-refractivity contribution in [2.24, 2.45) is 0 Å². The largest absolute Gasteiger partial charge is 0.352 e. The van der Waals surface area contributed by atoms with Crippen LogP contribution < -0.4 is 10.6 Å². The number of nitrogens with zero attached hydrogens (tertiary/aromatic N) is 2. The smallest absolute Gasteiger partial charge is 0.270 e. The van der Waals surface area contributed by atoms with E-state index >= 15 is 0 Å². The minimum Gasteiger partial charge on any atom is -0.352 e. The van der Waals surface area contributed by atoms with Gasteiger partial charge >= 0.3 is 0 Å². The topological polar surface area (TPSA) is 66.9 Å². The van der Waals surface area contributed by atoms with Gasteiger partial charge in [0.15, 0.2) is 0 Å². The minimum atomic E-state index is -0.220. The Labute approximate surface area is 101 Å². The highest BCUT2D eigenvalue weighted by Crippen LogP contribution is 2.06. The van der Waals surface area contributed by atoms with E-state index in [9.17, 15) is 4.79 Å². The first-order chi connectivity index (χ1) is 8.02. The van der Waals surface area contributed by atoms with Gasteiger partial charge in [0, 0.05) is 18.3 Å². The molecule has 0 saturated heterocycles. The molecule has 0 aromatic carbocycles. The Morgan fingerprint density at radius 2 is 2.24 bits per heavy atom. The molecular formula is C12H18N4O. The summed E-state index contributed by atoms with van der Waals surface area (Å²) in [5.74, 6) is 0.256. The molecule has 2 N–H and O–H groups in total. The number of carbonyl (C=O) groups is 1. The van der Waals surface area contributed by atoms with Gasteiger partial charge < -0.3 is 10.6 Å². The summed E-state index contributed by atoms with van der Waals surface area (Å²) in [4.78, 5) is 20.1. The molecule has 0 atom stereocenters. The summed E-state index contributed by atoms with van der Waals surface area (Å²) < 4.78 is 0. The summed E-state index contributed by atoms with van der Waals surface area (Å²) in [6, 6.07) is 1.88. The fourth-order valence-corrected chi connectivity index (χ4v) is 1.26. The fourth-order valence-electron chi connectivity index (χ4n) is 1.26. The van der Waals surface area contributed by atoms with Crippen LogP contribution in [0.15, 0.2) is 18.7 Å². The average Bonchev–Trinajstić information content (AvgIpc) is 2.24. The number of carbonyl (C=O) groups excluding carboxylic acids is 1. The zero-order valence-electron chi connectivity index (χ0n) is 10.4. The summed E-state index contributed by atoms with van der Waals surface area (Å²) in [6.45, 7) is 9.78. The first-order valence-electron chi connectivity index (χ1n) is 5.54. The Balaban J connectivity index is 2.88. The maximum absolute atomic E-state index is 11.7. The molecule has 1 heterocycles. The van der Waals surface area contributed by atoms with Gasteiger partial charge in [0.05, 0.1) is 0 Å². The molecule has 5 nitrogen and oxygen atoms in total. The van der Waals surface area contributed by atoms with Crippen molar-refractivity contribution >= 4 is 11.9 Å². The first-order valence-corrected chi connectivity index (χ1v) is 5.54. The van der Waals surface area contributed by atoms with Gasteiger partial charge in [-0.25, -0.2) is 9.97 Å². The summed E-state index contributed by atoms with van der Waals surface area (Å²) in [7, 11) is 0. The van der Waals surface area contributed by atoms with E-state index in [1.165, 1.54) is 0 Å². The predicted octanol–water partition coefficient (Wildman–Crippen LogP) is 1.52. The van der Waals surface area contributed by atoms with E-state index in [1.54, 1.807) is 12.1 Å². The van der Waals surface area contributed by atoms with Gasteiger partial charge in [-0.05, 0) is 26.8 Å². The number of nitrogens with one attached hydrogen (secondary N) is 2. The van der Waals surface area contributed by atoms with E-state index in [1.807, 2.05) is 20.8 Å². The molecule has 0 aliphatic carbocycles. The maximum Gasteiger partial charge on any atom is 0.270 e. The van der Waals surface area contributed by atoms with E-state index < -0.39 is 0 Å². The normalized spacial score (nSPS) is 10.1. The molecule has 0 radical (unpaired) electrons. The third-order valence-electron chi connectivity index (χ3n) is 1.91. The van der Waals surface area contributed by atoms with Crippen LogP contribution in [0.2, 0.25) is 0 Å². The summed E-state index contributed by atoms with van der Waals surface area (Å²) in [6.07, 6.45) is 1.62. The van der Waals surface area contributed by atoms with Crippen LogP contribution in [-0.2, 0) is 0 Å². The second-order valence-corrected chi connectivity index (χ2v) is 4.02. The van der Waals surface area contributed by atoms with Gasteiger partial charge in [-0.2, -0.15) is 0 Å². The van der Waals surface area contributed by atoms with Crippen LogP contribution >= 0.6 is 0 Å². The molecule has 0 spiro atoms. The number of anilines is 1. The van der Waals surface area contributed by atoms with Crippen LogP contribution in [0.3, 0.4) is 0 Å². The van der Waals surface area contributed by atoms with E-state index in [4.69, 9.17) is 0 Å². The van der Waals surface area contributed by atoms with E-state index in [-0.39, 0.29) is 11.9 Å². The molecule has 0 aliphatic rings. The van der Waals surface area contributed by atoms with Crippen LogP contribution in [0.4, 0.5) is 5.95 Å². The van der Waals surface area contributed by atoms with Crippen molar-refractivity contribution in [2.45, 2.75) is 26.8 Å². The molecule has 0 bridgehead atoms. The van der Waals surface area contributed by atoms with Gasteiger partial charge in [0.1, 0.15) is 5.69 Å². The molecule has 0 unspecified atom stereocenters. The van der Waals surface area contributed by atoms with Gasteiger partial charge in [-0.1, -0.05) is 6.08 Å². The number of aromatic nitrogens is 2. The van der Waals surface area contributed by atoms with Crippen LogP contribution in [0.25, 0.3) is 0 Å². The van der Waals surface area contributed by atoms with Crippen molar-refractivity contribution in [2.75, 3.05) is 11.9 Å². The highest BCUT2D eigenvalue weighted by Gasteiger charge is 2.09. The predicted molar refractivity (Wildman–Crippen MR) is 68.1 cm³/mol. The van der Waals surface area contributed by atoms with Gasteiger partial charge in [0.2, 0.25) is 5.95 Å². The summed E-state index contributed by atoms with van der Waals surface area (Å²) >= 11 is 0. The third-order valence-corrected chi connectivity index (χ3v) is 1.91. The number of rotatable bonds is 5.